The Bertz CT molecular complexity index is 939. The second-order valence-electron chi connectivity index (χ2n) is 6.50. The standard InChI is InChI=1S/C20H21N5OS/c1-3-16-22-23-20-25(16)24-17(14-11-9-13(2)10-12-14)18(27-20)19(26)21-15-7-5-4-6-8-15/h4-12,17-18,24H,3H2,1-2H3,(H,21,26)/t17-,18-/m0/s1. The highest BCUT2D eigenvalue weighted by Crippen LogP contribution is 2.37. The van der Waals surface area contributed by atoms with Crippen molar-refractivity contribution in [3.63, 3.8) is 0 Å². The molecule has 7 heteroatoms. The summed E-state index contributed by atoms with van der Waals surface area (Å²) in [6.07, 6.45) is 0.766. The second kappa shape index (κ2) is 7.44. The van der Waals surface area contributed by atoms with Gasteiger partial charge in [-0.25, -0.2) is 4.68 Å². The molecule has 1 aliphatic rings. The summed E-state index contributed by atoms with van der Waals surface area (Å²) < 4.78 is 1.90. The summed E-state index contributed by atoms with van der Waals surface area (Å²) in [7, 11) is 0. The number of para-hydroxylation sites is 1. The number of amides is 1. The van der Waals surface area contributed by atoms with Gasteiger partial charge in [0.15, 0.2) is 5.82 Å². The van der Waals surface area contributed by atoms with Gasteiger partial charge in [-0.2, -0.15) is 0 Å². The molecule has 3 aromatic rings. The molecule has 2 aromatic carbocycles. The molecule has 138 valence electrons. The number of fused-ring (bicyclic) bond motifs is 1. The van der Waals surface area contributed by atoms with Gasteiger partial charge in [-0.05, 0) is 24.6 Å². The van der Waals surface area contributed by atoms with Crippen molar-refractivity contribution in [2.24, 2.45) is 0 Å². The molecule has 1 aromatic heterocycles. The Labute approximate surface area is 162 Å². The Morgan fingerprint density at radius 3 is 2.59 bits per heavy atom. The average molecular weight is 379 g/mol. The zero-order valence-corrected chi connectivity index (χ0v) is 16.0. The highest BCUT2D eigenvalue weighted by molar-refractivity contribution is 8.00. The Balaban J connectivity index is 1.67. The smallest absolute Gasteiger partial charge is 0.240 e. The molecule has 2 N–H and O–H groups in total. The molecule has 0 spiro atoms. The van der Waals surface area contributed by atoms with Crippen LogP contribution in [0.15, 0.2) is 59.8 Å². The summed E-state index contributed by atoms with van der Waals surface area (Å²) in [5.41, 5.74) is 6.49. The van der Waals surface area contributed by atoms with Crippen molar-refractivity contribution >= 4 is 23.4 Å². The lowest BCUT2D eigenvalue weighted by atomic mass is 10.0. The summed E-state index contributed by atoms with van der Waals surface area (Å²) in [6, 6.07) is 17.6. The van der Waals surface area contributed by atoms with Crippen molar-refractivity contribution in [1.29, 1.82) is 0 Å². The molecule has 0 saturated carbocycles. The van der Waals surface area contributed by atoms with Crippen LogP contribution >= 0.6 is 11.8 Å². The summed E-state index contributed by atoms with van der Waals surface area (Å²) in [5.74, 6) is 0.799. The normalized spacial score (nSPS) is 18.4. The van der Waals surface area contributed by atoms with Gasteiger partial charge in [0.05, 0.1) is 6.04 Å². The number of carbonyl (C=O) groups excluding carboxylic acids is 1. The Morgan fingerprint density at radius 2 is 1.89 bits per heavy atom. The van der Waals surface area contributed by atoms with Crippen LogP contribution in [0.3, 0.4) is 0 Å². The molecule has 0 saturated heterocycles. The van der Waals surface area contributed by atoms with E-state index in [0.717, 1.165) is 23.5 Å². The van der Waals surface area contributed by atoms with Crippen molar-refractivity contribution in [3.8, 4) is 0 Å². The molecule has 0 fully saturated rings. The van der Waals surface area contributed by atoms with Crippen LogP contribution in [-0.2, 0) is 11.2 Å². The zero-order chi connectivity index (χ0) is 18.8. The van der Waals surface area contributed by atoms with E-state index < -0.39 is 0 Å². The number of thioether (sulfide) groups is 1. The largest absolute Gasteiger partial charge is 0.325 e. The Hall–Kier alpha value is -2.80. The molecule has 0 unspecified atom stereocenters. The van der Waals surface area contributed by atoms with E-state index in [9.17, 15) is 4.79 Å². The SMILES string of the molecule is CCc1nnc2n1N[C@@H](c1ccc(C)cc1)[C@@H](C(=O)Nc1ccccc1)S2. The van der Waals surface area contributed by atoms with E-state index in [1.54, 1.807) is 0 Å². The number of rotatable bonds is 4. The molecular weight excluding hydrogens is 358 g/mol. The van der Waals surface area contributed by atoms with E-state index >= 15 is 0 Å². The topological polar surface area (TPSA) is 71.8 Å². The van der Waals surface area contributed by atoms with Gasteiger partial charge in [-0.1, -0.05) is 66.7 Å². The van der Waals surface area contributed by atoms with Crippen LogP contribution in [0.1, 0.15) is 29.9 Å². The lowest BCUT2D eigenvalue weighted by Crippen LogP contribution is -2.41. The molecule has 27 heavy (non-hydrogen) atoms. The van der Waals surface area contributed by atoms with Crippen molar-refractivity contribution in [3.05, 3.63) is 71.5 Å². The number of carbonyl (C=O) groups is 1. The minimum absolute atomic E-state index is 0.0587. The summed E-state index contributed by atoms with van der Waals surface area (Å²) in [6.45, 7) is 4.10. The average Bonchev–Trinajstić information content (AvgIpc) is 3.10. The van der Waals surface area contributed by atoms with Gasteiger partial charge >= 0.3 is 0 Å². The van der Waals surface area contributed by atoms with E-state index in [0.29, 0.717) is 5.16 Å². The van der Waals surface area contributed by atoms with E-state index in [2.05, 4.69) is 52.1 Å². The molecular formula is C20H21N5OS. The van der Waals surface area contributed by atoms with E-state index in [4.69, 9.17) is 0 Å². The first kappa shape index (κ1) is 17.6. The summed E-state index contributed by atoms with van der Waals surface area (Å²) >= 11 is 1.44. The zero-order valence-electron chi connectivity index (χ0n) is 15.2. The molecule has 6 nitrogen and oxygen atoms in total. The number of nitrogens with one attached hydrogen (secondary N) is 2. The fourth-order valence-electron chi connectivity index (χ4n) is 3.09. The minimum atomic E-state index is -0.366. The monoisotopic (exact) mass is 379 g/mol. The predicted octanol–water partition coefficient (Wildman–Crippen LogP) is 3.55. The Morgan fingerprint density at radius 1 is 1.15 bits per heavy atom. The van der Waals surface area contributed by atoms with Gasteiger partial charge in [0.1, 0.15) is 5.25 Å². The maximum Gasteiger partial charge on any atom is 0.240 e. The van der Waals surface area contributed by atoms with E-state index in [1.165, 1.54) is 17.3 Å². The van der Waals surface area contributed by atoms with Crippen molar-refractivity contribution in [1.82, 2.24) is 14.9 Å². The summed E-state index contributed by atoms with van der Waals surface area (Å²) in [4.78, 5) is 13.1. The Kier molecular flexibility index (Phi) is 4.85. The number of hydrogen-bond donors (Lipinski definition) is 2. The number of nitrogens with zero attached hydrogens (tertiary/aromatic N) is 3. The fraction of sp³-hybridized carbons (Fsp3) is 0.250. The third kappa shape index (κ3) is 3.55. The number of anilines is 1. The van der Waals surface area contributed by atoms with Gasteiger partial charge in [0.25, 0.3) is 0 Å². The highest BCUT2D eigenvalue weighted by Gasteiger charge is 2.37. The fourth-order valence-corrected chi connectivity index (χ4v) is 4.19. The third-order valence-electron chi connectivity index (χ3n) is 4.56. The van der Waals surface area contributed by atoms with Crippen LogP contribution in [0.2, 0.25) is 0 Å². The van der Waals surface area contributed by atoms with Crippen molar-refractivity contribution in [2.45, 2.75) is 36.7 Å². The highest BCUT2D eigenvalue weighted by atomic mass is 32.2. The van der Waals surface area contributed by atoms with Crippen LogP contribution < -0.4 is 10.7 Å². The number of benzene rings is 2. The first-order valence-electron chi connectivity index (χ1n) is 8.95. The second-order valence-corrected chi connectivity index (χ2v) is 7.61. The lowest BCUT2D eigenvalue weighted by Gasteiger charge is -2.33. The first-order chi connectivity index (χ1) is 13.2. The van der Waals surface area contributed by atoms with Crippen LogP contribution in [-0.4, -0.2) is 26.0 Å². The summed E-state index contributed by atoms with van der Waals surface area (Å²) in [5, 5.41) is 11.8. The van der Waals surface area contributed by atoms with Crippen LogP contribution in [0.25, 0.3) is 0 Å². The van der Waals surface area contributed by atoms with E-state index in [-0.39, 0.29) is 17.2 Å². The van der Waals surface area contributed by atoms with Gasteiger partial charge in [-0.3, -0.25) is 4.79 Å². The molecule has 1 amide bonds. The van der Waals surface area contributed by atoms with Gasteiger partial charge < -0.3 is 10.7 Å². The van der Waals surface area contributed by atoms with Crippen molar-refractivity contribution in [2.75, 3.05) is 10.7 Å². The van der Waals surface area contributed by atoms with Crippen LogP contribution in [0.4, 0.5) is 5.69 Å². The van der Waals surface area contributed by atoms with Crippen LogP contribution in [0, 0.1) is 6.92 Å². The quantitative estimate of drug-likeness (QED) is 0.725. The van der Waals surface area contributed by atoms with E-state index in [1.807, 2.05) is 41.9 Å². The molecule has 2 atom stereocenters. The van der Waals surface area contributed by atoms with Gasteiger partial charge in [0.2, 0.25) is 11.1 Å². The predicted molar refractivity (Wildman–Crippen MR) is 107 cm³/mol. The minimum Gasteiger partial charge on any atom is -0.325 e. The van der Waals surface area contributed by atoms with Crippen LogP contribution in [0.5, 0.6) is 0 Å². The molecule has 1 aliphatic heterocycles. The maximum absolute atomic E-state index is 13.1. The number of aromatic nitrogens is 3. The number of hydrogen-bond acceptors (Lipinski definition) is 5. The molecule has 0 radical (unpaired) electrons. The molecule has 0 bridgehead atoms. The maximum atomic E-state index is 13.1. The number of aryl methyl sites for hydroxylation is 2. The lowest BCUT2D eigenvalue weighted by molar-refractivity contribution is -0.116. The van der Waals surface area contributed by atoms with Gasteiger partial charge in [0, 0.05) is 12.1 Å². The van der Waals surface area contributed by atoms with Gasteiger partial charge in [-0.15, -0.1) is 10.2 Å². The van der Waals surface area contributed by atoms with Crippen molar-refractivity contribution < 1.29 is 4.79 Å². The molecule has 2 heterocycles. The molecule has 0 aliphatic carbocycles. The third-order valence-corrected chi connectivity index (χ3v) is 5.77. The molecule has 4 rings (SSSR count). The first-order valence-corrected chi connectivity index (χ1v) is 9.83.